The quantitative estimate of drug-likeness (QED) is 0.823. The normalized spacial score (nSPS) is 11.6. The summed E-state index contributed by atoms with van der Waals surface area (Å²) in [6.07, 6.45) is 4.03. The van der Waals surface area contributed by atoms with E-state index in [0.717, 1.165) is 17.6 Å². The highest BCUT2D eigenvalue weighted by Gasteiger charge is 2.20. The standard InChI is InChI=1S/C9H7FN2O2S2/c1-16(13,14)9-7(10)12-8(15-9)6-3-2-4-11-5-6/h2-5H,1H3. The summed E-state index contributed by atoms with van der Waals surface area (Å²) in [4.78, 5) is 7.44. The highest BCUT2D eigenvalue weighted by atomic mass is 32.2. The molecule has 0 saturated carbocycles. The molecule has 0 amide bonds. The van der Waals surface area contributed by atoms with Gasteiger partial charge >= 0.3 is 0 Å². The monoisotopic (exact) mass is 258 g/mol. The molecule has 2 heterocycles. The lowest BCUT2D eigenvalue weighted by atomic mass is 10.3. The molecule has 0 bridgehead atoms. The molecule has 0 aliphatic carbocycles. The molecule has 0 aliphatic rings. The summed E-state index contributed by atoms with van der Waals surface area (Å²) in [5, 5.41) is 0.311. The second-order valence-corrected chi connectivity index (χ2v) is 6.32. The average Bonchev–Trinajstić information content (AvgIpc) is 2.61. The van der Waals surface area contributed by atoms with E-state index in [1.54, 1.807) is 18.3 Å². The number of thiazole rings is 1. The minimum atomic E-state index is -3.56. The number of hydrogen-bond donors (Lipinski definition) is 0. The second-order valence-electron chi connectivity index (χ2n) is 3.11. The number of sulfone groups is 1. The van der Waals surface area contributed by atoms with Gasteiger partial charge in [0.1, 0.15) is 5.01 Å². The molecule has 0 atom stereocenters. The largest absolute Gasteiger partial charge is 0.264 e. The number of halogens is 1. The van der Waals surface area contributed by atoms with Crippen LogP contribution in [0.4, 0.5) is 4.39 Å². The van der Waals surface area contributed by atoms with Crippen LogP contribution in [0.2, 0.25) is 0 Å². The summed E-state index contributed by atoms with van der Waals surface area (Å²) < 4.78 is 35.4. The molecule has 84 valence electrons. The van der Waals surface area contributed by atoms with Gasteiger partial charge in [0.25, 0.3) is 0 Å². The molecule has 0 unspecified atom stereocenters. The predicted octanol–water partition coefficient (Wildman–Crippen LogP) is 1.75. The fourth-order valence-corrected chi connectivity index (χ4v) is 2.99. The van der Waals surface area contributed by atoms with E-state index in [1.165, 1.54) is 6.20 Å². The van der Waals surface area contributed by atoms with Gasteiger partial charge < -0.3 is 0 Å². The second kappa shape index (κ2) is 3.91. The molecule has 7 heteroatoms. The Balaban J connectivity index is 2.55. The van der Waals surface area contributed by atoms with Gasteiger partial charge in [-0.2, -0.15) is 4.39 Å². The molecule has 0 aliphatic heterocycles. The summed E-state index contributed by atoms with van der Waals surface area (Å²) in [7, 11) is -3.56. The topological polar surface area (TPSA) is 59.9 Å². The Kier molecular flexibility index (Phi) is 2.73. The maximum Gasteiger partial charge on any atom is 0.243 e. The first kappa shape index (κ1) is 11.2. The van der Waals surface area contributed by atoms with Gasteiger partial charge in [0, 0.05) is 24.2 Å². The van der Waals surface area contributed by atoms with Crippen LogP contribution in [0, 0.1) is 5.95 Å². The third-order valence-electron chi connectivity index (χ3n) is 1.80. The minimum absolute atomic E-state index is 0.311. The van der Waals surface area contributed by atoms with Gasteiger partial charge in [0.15, 0.2) is 14.0 Å². The van der Waals surface area contributed by atoms with Gasteiger partial charge in [-0.3, -0.25) is 4.98 Å². The zero-order chi connectivity index (χ0) is 11.8. The number of pyridine rings is 1. The zero-order valence-corrected chi connectivity index (χ0v) is 9.85. The molecule has 0 saturated heterocycles. The molecule has 2 aromatic rings. The number of aromatic nitrogens is 2. The number of hydrogen-bond acceptors (Lipinski definition) is 5. The Labute approximate surface area is 95.7 Å². The summed E-state index contributed by atoms with van der Waals surface area (Å²) >= 11 is 0.805. The molecule has 0 fully saturated rings. The summed E-state index contributed by atoms with van der Waals surface area (Å²) in [5.41, 5.74) is 0.598. The Hall–Kier alpha value is -1.34. The highest BCUT2D eigenvalue weighted by Crippen LogP contribution is 2.29. The van der Waals surface area contributed by atoms with E-state index in [1.807, 2.05) is 0 Å². The Morgan fingerprint density at radius 2 is 2.19 bits per heavy atom. The van der Waals surface area contributed by atoms with E-state index < -0.39 is 15.8 Å². The van der Waals surface area contributed by atoms with E-state index in [9.17, 15) is 12.8 Å². The molecule has 4 nitrogen and oxygen atoms in total. The van der Waals surface area contributed by atoms with Crippen molar-refractivity contribution in [3.8, 4) is 10.6 Å². The fraction of sp³-hybridized carbons (Fsp3) is 0.111. The Bertz CT molecular complexity index is 608. The van der Waals surface area contributed by atoms with Crippen LogP contribution in [0.15, 0.2) is 28.7 Å². The summed E-state index contributed by atoms with van der Waals surface area (Å²) in [6, 6.07) is 3.37. The number of rotatable bonds is 2. The molecule has 0 aromatic carbocycles. The van der Waals surface area contributed by atoms with Crippen molar-refractivity contribution in [1.82, 2.24) is 9.97 Å². The molecule has 0 N–H and O–H groups in total. The van der Waals surface area contributed by atoms with Crippen LogP contribution in [0.1, 0.15) is 0 Å². The van der Waals surface area contributed by atoms with Crippen molar-refractivity contribution in [2.45, 2.75) is 4.21 Å². The molecular weight excluding hydrogens is 251 g/mol. The van der Waals surface area contributed by atoms with Crippen LogP contribution in [0.25, 0.3) is 10.6 Å². The van der Waals surface area contributed by atoms with Crippen molar-refractivity contribution >= 4 is 21.2 Å². The smallest absolute Gasteiger partial charge is 0.243 e. The van der Waals surface area contributed by atoms with Crippen molar-refractivity contribution in [2.75, 3.05) is 6.26 Å². The van der Waals surface area contributed by atoms with E-state index >= 15 is 0 Å². The van der Waals surface area contributed by atoms with Crippen LogP contribution in [0.3, 0.4) is 0 Å². The SMILES string of the molecule is CS(=O)(=O)c1sc(-c2cccnc2)nc1F. The number of nitrogens with zero attached hydrogens (tertiary/aromatic N) is 2. The fourth-order valence-electron chi connectivity index (χ4n) is 1.13. The summed E-state index contributed by atoms with van der Waals surface area (Å²) in [5.74, 6) is -0.952. The van der Waals surface area contributed by atoms with E-state index in [0.29, 0.717) is 10.6 Å². The van der Waals surface area contributed by atoms with Gasteiger partial charge in [-0.1, -0.05) is 11.3 Å². The third kappa shape index (κ3) is 2.10. The van der Waals surface area contributed by atoms with Crippen molar-refractivity contribution < 1.29 is 12.8 Å². The maximum atomic E-state index is 13.3. The van der Waals surface area contributed by atoms with Gasteiger partial charge in [0.2, 0.25) is 5.95 Å². The van der Waals surface area contributed by atoms with Crippen molar-refractivity contribution in [3.05, 3.63) is 30.5 Å². The van der Waals surface area contributed by atoms with Crippen LogP contribution < -0.4 is 0 Å². The van der Waals surface area contributed by atoms with Gasteiger partial charge in [-0.15, -0.1) is 0 Å². The molecule has 0 spiro atoms. The maximum absolute atomic E-state index is 13.3. The van der Waals surface area contributed by atoms with Crippen LogP contribution >= 0.6 is 11.3 Å². The van der Waals surface area contributed by atoms with E-state index in [2.05, 4.69) is 9.97 Å². The first-order chi connectivity index (χ1) is 7.48. The predicted molar refractivity (Wildman–Crippen MR) is 58.4 cm³/mol. The lowest BCUT2D eigenvalue weighted by Gasteiger charge is -1.91. The lowest BCUT2D eigenvalue weighted by molar-refractivity contribution is 0.555. The molecule has 16 heavy (non-hydrogen) atoms. The molecule has 2 aromatic heterocycles. The third-order valence-corrected chi connectivity index (χ3v) is 4.68. The zero-order valence-electron chi connectivity index (χ0n) is 8.21. The first-order valence-electron chi connectivity index (χ1n) is 4.25. The van der Waals surface area contributed by atoms with Crippen LogP contribution in [-0.2, 0) is 9.84 Å². The highest BCUT2D eigenvalue weighted by molar-refractivity contribution is 7.92. The summed E-state index contributed by atoms with van der Waals surface area (Å²) in [6.45, 7) is 0. The molecular formula is C9H7FN2O2S2. The van der Waals surface area contributed by atoms with E-state index in [-0.39, 0.29) is 4.21 Å². The van der Waals surface area contributed by atoms with Gasteiger partial charge in [-0.05, 0) is 12.1 Å². The van der Waals surface area contributed by atoms with Crippen molar-refractivity contribution in [2.24, 2.45) is 0 Å². The first-order valence-corrected chi connectivity index (χ1v) is 6.96. The average molecular weight is 258 g/mol. The van der Waals surface area contributed by atoms with Gasteiger partial charge in [0.05, 0.1) is 0 Å². The van der Waals surface area contributed by atoms with Crippen molar-refractivity contribution in [3.63, 3.8) is 0 Å². The minimum Gasteiger partial charge on any atom is -0.264 e. The molecule has 0 radical (unpaired) electrons. The lowest BCUT2D eigenvalue weighted by Crippen LogP contribution is -1.96. The molecule has 2 rings (SSSR count). The van der Waals surface area contributed by atoms with E-state index in [4.69, 9.17) is 0 Å². The van der Waals surface area contributed by atoms with Gasteiger partial charge in [-0.25, -0.2) is 13.4 Å². The Morgan fingerprint density at radius 3 is 2.69 bits per heavy atom. The van der Waals surface area contributed by atoms with Crippen LogP contribution in [-0.4, -0.2) is 24.6 Å². The van der Waals surface area contributed by atoms with Crippen molar-refractivity contribution in [1.29, 1.82) is 0 Å². The van der Waals surface area contributed by atoms with Crippen LogP contribution in [0.5, 0.6) is 0 Å². The Morgan fingerprint density at radius 1 is 1.44 bits per heavy atom.